The first kappa shape index (κ1) is 21.7. The zero-order valence-corrected chi connectivity index (χ0v) is 17.7. The van der Waals surface area contributed by atoms with Gasteiger partial charge in [-0.1, -0.05) is 18.2 Å². The maximum Gasteiger partial charge on any atom is 0.324 e. The number of urea groups is 1. The number of hydrogen-bond donors (Lipinski definition) is 0. The Labute approximate surface area is 184 Å². The fourth-order valence-electron chi connectivity index (χ4n) is 3.68. The van der Waals surface area contributed by atoms with Crippen LogP contribution in [0.4, 0.5) is 19.3 Å². The molecule has 3 aromatic rings. The average Bonchev–Trinajstić information content (AvgIpc) is 3.34. The Kier molecular flexibility index (Phi) is 6.63. The van der Waals surface area contributed by atoms with Crippen LogP contribution in [-0.2, 0) is 6.54 Å². The Balaban J connectivity index is 1.57. The van der Waals surface area contributed by atoms with Crippen molar-refractivity contribution in [3.05, 3.63) is 60.0 Å². The van der Waals surface area contributed by atoms with Crippen LogP contribution in [0.15, 0.2) is 52.9 Å². The number of benzene rings is 2. The van der Waals surface area contributed by atoms with E-state index in [9.17, 15) is 13.6 Å². The number of likely N-dealkylation sites (tertiary alicyclic amines) is 1. The SMILES string of the molecule is COc1cccc(N(Cc2ccc(-c3nnc(C(F)F)o3)cc2)C(=O)N2CCCCC2)c1. The molecule has 0 aliphatic carbocycles. The molecule has 9 heteroatoms. The van der Waals surface area contributed by atoms with Crippen molar-refractivity contribution in [1.82, 2.24) is 15.1 Å². The molecule has 0 saturated carbocycles. The highest BCUT2D eigenvalue weighted by Crippen LogP contribution is 2.27. The lowest BCUT2D eigenvalue weighted by Crippen LogP contribution is -2.45. The van der Waals surface area contributed by atoms with Gasteiger partial charge in [-0.25, -0.2) is 4.79 Å². The number of aromatic nitrogens is 2. The summed E-state index contributed by atoms with van der Waals surface area (Å²) in [6, 6.07) is 14.4. The van der Waals surface area contributed by atoms with Crippen molar-refractivity contribution < 1.29 is 22.7 Å². The van der Waals surface area contributed by atoms with Crippen LogP contribution < -0.4 is 9.64 Å². The number of nitrogens with zero attached hydrogens (tertiary/aromatic N) is 4. The Morgan fingerprint density at radius 1 is 1.12 bits per heavy atom. The van der Waals surface area contributed by atoms with Gasteiger partial charge in [-0.2, -0.15) is 8.78 Å². The zero-order valence-electron chi connectivity index (χ0n) is 17.7. The number of amides is 2. The maximum absolute atomic E-state index is 13.4. The van der Waals surface area contributed by atoms with Crippen molar-refractivity contribution in [2.75, 3.05) is 25.1 Å². The first-order valence-corrected chi connectivity index (χ1v) is 10.5. The summed E-state index contributed by atoms with van der Waals surface area (Å²) in [6.07, 6.45) is 0.314. The predicted molar refractivity (Wildman–Crippen MR) is 115 cm³/mol. The van der Waals surface area contributed by atoms with Gasteiger partial charge in [0.1, 0.15) is 5.75 Å². The number of hydrogen-bond acceptors (Lipinski definition) is 5. The number of anilines is 1. The number of alkyl halides is 2. The monoisotopic (exact) mass is 442 g/mol. The fraction of sp³-hybridized carbons (Fsp3) is 0.348. The first-order valence-electron chi connectivity index (χ1n) is 10.5. The minimum atomic E-state index is -2.81. The summed E-state index contributed by atoms with van der Waals surface area (Å²) in [6.45, 7) is 1.82. The van der Waals surface area contributed by atoms with E-state index in [1.54, 1.807) is 24.1 Å². The quantitative estimate of drug-likeness (QED) is 0.518. The van der Waals surface area contributed by atoms with Crippen molar-refractivity contribution >= 4 is 11.7 Å². The molecule has 0 N–H and O–H groups in total. The Bertz CT molecular complexity index is 1050. The number of piperidine rings is 1. The fourth-order valence-corrected chi connectivity index (χ4v) is 3.68. The third-order valence-electron chi connectivity index (χ3n) is 5.39. The van der Waals surface area contributed by atoms with E-state index in [0.717, 1.165) is 43.6 Å². The molecule has 7 nitrogen and oxygen atoms in total. The van der Waals surface area contributed by atoms with Gasteiger partial charge < -0.3 is 14.1 Å². The number of methoxy groups -OCH3 is 1. The van der Waals surface area contributed by atoms with E-state index < -0.39 is 12.3 Å². The topological polar surface area (TPSA) is 71.7 Å². The van der Waals surface area contributed by atoms with Crippen molar-refractivity contribution in [2.24, 2.45) is 0 Å². The molecule has 1 aliphatic heterocycles. The number of carbonyl (C=O) groups excluding carboxylic acids is 1. The molecule has 2 aromatic carbocycles. The first-order chi connectivity index (χ1) is 15.5. The maximum atomic E-state index is 13.4. The summed E-state index contributed by atoms with van der Waals surface area (Å²) in [5, 5.41) is 7.03. The highest BCUT2D eigenvalue weighted by atomic mass is 19.3. The van der Waals surface area contributed by atoms with Gasteiger partial charge in [-0.15, -0.1) is 10.2 Å². The molecule has 1 aliphatic rings. The summed E-state index contributed by atoms with van der Waals surface area (Å²) >= 11 is 0. The lowest BCUT2D eigenvalue weighted by Gasteiger charge is -2.33. The van der Waals surface area contributed by atoms with Crippen LogP contribution in [-0.4, -0.2) is 41.3 Å². The molecule has 0 radical (unpaired) electrons. The molecule has 0 unspecified atom stereocenters. The third kappa shape index (κ3) is 4.87. The van der Waals surface area contributed by atoms with E-state index in [2.05, 4.69) is 10.2 Å². The van der Waals surface area contributed by atoms with Crippen molar-refractivity contribution in [3.8, 4) is 17.2 Å². The van der Waals surface area contributed by atoms with Gasteiger partial charge in [0.25, 0.3) is 5.89 Å². The van der Waals surface area contributed by atoms with Crippen LogP contribution in [0.1, 0.15) is 37.1 Å². The highest BCUT2D eigenvalue weighted by Gasteiger charge is 2.24. The van der Waals surface area contributed by atoms with Crippen LogP contribution in [0.3, 0.4) is 0 Å². The summed E-state index contributed by atoms with van der Waals surface area (Å²) in [7, 11) is 1.59. The van der Waals surface area contributed by atoms with Gasteiger partial charge in [0, 0.05) is 30.4 Å². The smallest absolute Gasteiger partial charge is 0.324 e. The molecule has 0 atom stereocenters. The summed E-state index contributed by atoms with van der Waals surface area (Å²) in [4.78, 5) is 17.0. The van der Waals surface area contributed by atoms with Crippen LogP contribution >= 0.6 is 0 Å². The molecule has 168 valence electrons. The molecule has 1 saturated heterocycles. The molecule has 0 spiro atoms. The molecule has 4 rings (SSSR count). The number of rotatable bonds is 6. The van der Waals surface area contributed by atoms with E-state index in [-0.39, 0.29) is 11.9 Å². The van der Waals surface area contributed by atoms with Gasteiger partial charge >= 0.3 is 12.5 Å². The molecule has 2 heterocycles. The van der Waals surface area contributed by atoms with E-state index in [0.29, 0.717) is 17.9 Å². The van der Waals surface area contributed by atoms with Crippen LogP contribution in [0.25, 0.3) is 11.5 Å². The van der Waals surface area contributed by atoms with Crippen molar-refractivity contribution in [3.63, 3.8) is 0 Å². The minimum absolute atomic E-state index is 0.0286. The second-order valence-electron chi connectivity index (χ2n) is 7.56. The second kappa shape index (κ2) is 9.76. The van der Waals surface area contributed by atoms with E-state index in [4.69, 9.17) is 9.15 Å². The number of carbonyl (C=O) groups is 1. The predicted octanol–water partition coefficient (Wildman–Crippen LogP) is 5.30. The molecule has 2 amide bonds. The standard InChI is InChI=1S/C23H24F2N4O3/c1-31-19-7-5-6-18(14-19)29(23(30)28-12-3-2-4-13-28)15-16-8-10-17(11-9-16)21-26-27-22(32-21)20(24)25/h5-11,14,20H,2-4,12-13,15H2,1H3. The summed E-state index contributed by atoms with van der Waals surface area (Å²) in [5.74, 6) is -0.0122. The lowest BCUT2D eigenvalue weighted by atomic mass is 10.1. The minimum Gasteiger partial charge on any atom is -0.497 e. The van der Waals surface area contributed by atoms with Crippen molar-refractivity contribution in [2.45, 2.75) is 32.2 Å². The van der Waals surface area contributed by atoms with Crippen LogP contribution in [0.5, 0.6) is 5.75 Å². The third-order valence-corrected chi connectivity index (χ3v) is 5.39. The highest BCUT2D eigenvalue weighted by molar-refractivity contribution is 5.92. The molecule has 1 aromatic heterocycles. The molecular weight excluding hydrogens is 418 g/mol. The Hall–Kier alpha value is -3.49. The van der Waals surface area contributed by atoms with Crippen LogP contribution in [0.2, 0.25) is 0 Å². The molecule has 32 heavy (non-hydrogen) atoms. The summed E-state index contributed by atoms with van der Waals surface area (Å²) in [5.41, 5.74) is 2.14. The Morgan fingerprint density at radius 2 is 1.88 bits per heavy atom. The molecule has 0 bridgehead atoms. The number of halogens is 2. The van der Waals surface area contributed by atoms with E-state index in [1.807, 2.05) is 41.3 Å². The van der Waals surface area contributed by atoms with Crippen LogP contribution in [0, 0.1) is 0 Å². The Morgan fingerprint density at radius 3 is 2.53 bits per heavy atom. The lowest BCUT2D eigenvalue weighted by molar-refractivity contribution is 0.116. The van der Waals surface area contributed by atoms with Gasteiger partial charge in [0.15, 0.2) is 0 Å². The van der Waals surface area contributed by atoms with E-state index in [1.165, 1.54) is 0 Å². The van der Waals surface area contributed by atoms with Gasteiger partial charge in [-0.05, 0) is 49.1 Å². The van der Waals surface area contributed by atoms with Gasteiger partial charge in [-0.3, -0.25) is 4.90 Å². The zero-order chi connectivity index (χ0) is 22.5. The van der Waals surface area contributed by atoms with Crippen molar-refractivity contribution in [1.29, 1.82) is 0 Å². The summed E-state index contributed by atoms with van der Waals surface area (Å²) < 4.78 is 35.7. The van der Waals surface area contributed by atoms with Gasteiger partial charge in [0.2, 0.25) is 5.89 Å². The number of ether oxygens (including phenoxy) is 1. The largest absolute Gasteiger partial charge is 0.497 e. The molecular formula is C23H24F2N4O3. The van der Waals surface area contributed by atoms with E-state index >= 15 is 0 Å². The average molecular weight is 442 g/mol. The normalized spacial score (nSPS) is 13.9. The second-order valence-corrected chi connectivity index (χ2v) is 7.56. The van der Waals surface area contributed by atoms with Gasteiger partial charge in [0.05, 0.1) is 13.7 Å². The molecule has 1 fully saturated rings.